The van der Waals surface area contributed by atoms with E-state index >= 15 is 0 Å². The Balaban J connectivity index is 2.62. The average molecular weight is 241 g/mol. The van der Waals surface area contributed by atoms with Crippen LogP contribution in [0.15, 0.2) is 21.6 Å². The Kier molecular flexibility index (Phi) is 4.93. The molecule has 3 nitrogen and oxygen atoms in total. The monoisotopic (exact) mass is 241 g/mol. The lowest BCUT2D eigenvalue weighted by Gasteiger charge is -2.22. The molecular weight excluding hydrogens is 222 g/mol. The van der Waals surface area contributed by atoms with E-state index in [9.17, 15) is 4.79 Å². The molecule has 4 heteroatoms. The standard InChI is InChI=1S/C12H19NO2S/c1-5-13(6-2)12(14)10(4)16-11-7-8-15-9(11)3/h7-8,10H,5-6H2,1-4H3/t10-/m1/s1. The molecule has 1 aromatic rings. The molecule has 16 heavy (non-hydrogen) atoms. The van der Waals surface area contributed by atoms with Gasteiger partial charge in [0.05, 0.1) is 11.5 Å². The highest BCUT2D eigenvalue weighted by Crippen LogP contribution is 2.28. The first kappa shape index (κ1) is 13.2. The second kappa shape index (κ2) is 5.99. The van der Waals surface area contributed by atoms with E-state index in [0.717, 1.165) is 23.7 Å². The molecule has 1 atom stereocenters. The van der Waals surface area contributed by atoms with Crippen LogP contribution in [0.4, 0.5) is 0 Å². The van der Waals surface area contributed by atoms with E-state index in [2.05, 4.69) is 0 Å². The largest absolute Gasteiger partial charge is 0.468 e. The lowest BCUT2D eigenvalue weighted by atomic mass is 10.4. The summed E-state index contributed by atoms with van der Waals surface area (Å²) in [5, 5.41) is -0.0591. The zero-order chi connectivity index (χ0) is 12.1. The van der Waals surface area contributed by atoms with Crippen LogP contribution in [0.5, 0.6) is 0 Å². The minimum atomic E-state index is -0.0591. The van der Waals surface area contributed by atoms with Crippen molar-refractivity contribution >= 4 is 17.7 Å². The summed E-state index contributed by atoms with van der Waals surface area (Å²) in [6.07, 6.45) is 1.66. The van der Waals surface area contributed by atoms with Gasteiger partial charge in [0.2, 0.25) is 5.91 Å². The predicted octanol–water partition coefficient (Wildman–Crippen LogP) is 2.94. The third-order valence-corrected chi connectivity index (χ3v) is 3.77. The zero-order valence-corrected chi connectivity index (χ0v) is 11.1. The smallest absolute Gasteiger partial charge is 0.235 e. The first-order valence-corrected chi connectivity index (χ1v) is 6.47. The molecular formula is C12H19NO2S. The highest BCUT2D eigenvalue weighted by molar-refractivity contribution is 8.00. The number of rotatable bonds is 5. The molecule has 0 radical (unpaired) electrons. The maximum Gasteiger partial charge on any atom is 0.235 e. The van der Waals surface area contributed by atoms with Crippen LogP contribution >= 0.6 is 11.8 Å². The van der Waals surface area contributed by atoms with E-state index < -0.39 is 0 Å². The minimum absolute atomic E-state index is 0.0591. The van der Waals surface area contributed by atoms with Gasteiger partial charge in [0.1, 0.15) is 5.76 Å². The summed E-state index contributed by atoms with van der Waals surface area (Å²) >= 11 is 1.56. The Morgan fingerprint density at radius 3 is 2.56 bits per heavy atom. The number of carbonyl (C=O) groups excluding carboxylic acids is 1. The summed E-state index contributed by atoms with van der Waals surface area (Å²) in [4.78, 5) is 14.9. The van der Waals surface area contributed by atoms with Crippen molar-refractivity contribution in [3.8, 4) is 0 Å². The van der Waals surface area contributed by atoms with Gasteiger partial charge in [0, 0.05) is 18.0 Å². The van der Waals surface area contributed by atoms with Gasteiger partial charge in [-0.25, -0.2) is 0 Å². The van der Waals surface area contributed by atoms with Crippen molar-refractivity contribution in [1.82, 2.24) is 4.90 Å². The quantitative estimate of drug-likeness (QED) is 0.743. The number of hydrogen-bond acceptors (Lipinski definition) is 3. The van der Waals surface area contributed by atoms with Crippen LogP contribution in [0.25, 0.3) is 0 Å². The second-order valence-corrected chi connectivity index (χ2v) is 4.99. The lowest BCUT2D eigenvalue weighted by Crippen LogP contribution is -2.36. The van der Waals surface area contributed by atoms with E-state index in [-0.39, 0.29) is 11.2 Å². The van der Waals surface area contributed by atoms with Crippen molar-refractivity contribution in [3.05, 3.63) is 18.1 Å². The van der Waals surface area contributed by atoms with Crippen LogP contribution in [-0.4, -0.2) is 29.1 Å². The van der Waals surface area contributed by atoms with E-state index in [1.54, 1.807) is 18.0 Å². The van der Waals surface area contributed by atoms with Gasteiger partial charge in [0.15, 0.2) is 0 Å². The van der Waals surface area contributed by atoms with E-state index in [1.165, 1.54) is 0 Å². The number of thioether (sulfide) groups is 1. The highest BCUT2D eigenvalue weighted by Gasteiger charge is 2.20. The average Bonchev–Trinajstić information content (AvgIpc) is 2.66. The summed E-state index contributed by atoms with van der Waals surface area (Å²) in [7, 11) is 0. The topological polar surface area (TPSA) is 33.5 Å². The number of aryl methyl sites for hydroxylation is 1. The fourth-order valence-corrected chi connectivity index (χ4v) is 2.51. The van der Waals surface area contributed by atoms with Gasteiger partial charge in [-0.15, -0.1) is 11.8 Å². The first-order chi connectivity index (χ1) is 7.60. The molecule has 0 saturated carbocycles. The molecule has 0 aliphatic rings. The first-order valence-electron chi connectivity index (χ1n) is 5.59. The molecule has 0 aromatic carbocycles. The number of carbonyl (C=O) groups is 1. The number of furan rings is 1. The third-order valence-electron chi connectivity index (χ3n) is 2.54. The maximum atomic E-state index is 12.0. The lowest BCUT2D eigenvalue weighted by molar-refractivity contribution is -0.129. The van der Waals surface area contributed by atoms with Crippen LogP contribution in [0.3, 0.4) is 0 Å². The van der Waals surface area contributed by atoms with Crippen molar-refractivity contribution in [2.24, 2.45) is 0 Å². The Morgan fingerprint density at radius 1 is 1.50 bits per heavy atom. The van der Waals surface area contributed by atoms with Crippen molar-refractivity contribution < 1.29 is 9.21 Å². The van der Waals surface area contributed by atoms with Crippen molar-refractivity contribution in [2.45, 2.75) is 37.8 Å². The summed E-state index contributed by atoms with van der Waals surface area (Å²) in [6, 6.07) is 1.91. The molecule has 1 rings (SSSR count). The molecule has 1 amide bonds. The molecule has 0 saturated heterocycles. The molecule has 0 aliphatic heterocycles. The summed E-state index contributed by atoms with van der Waals surface area (Å²) in [5.41, 5.74) is 0. The predicted molar refractivity (Wildman–Crippen MR) is 66.7 cm³/mol. The molecule has 1 heterocycles. The fraction of sp³-hybridized carbons (Fsp3) is 0.583. The minimum Gasteiger partial charge on any atom is -0.468 e. The Hall–Kier alpha value is -0.900. The molecule has 90 valence electrons. The molecule has 1 aromatic heterocycles. The number of nitrogens with zero attached hydrogens (tertiary/aromatic N) is 1. The van der Waals surface area contributed by atoms with Gasteiger partial charge >= 0.3 is 0 Å². The number of hydrogen-bond donors (Lipinski definition) is 0. The van der Waals surface area contributed by atoms with Crippen LogP contribution in [0.2, 0.25) is 0 Å². The normalized spacial score (nSPS) is 12.5. The van der Waals surface area contributed by atoms with Crippen LogP contribution in [0.1, 0.15) is 26.5 Å². The maximum absolute atomic E-state index is 12.0. The van der Waals surface area contributed by atoms with Gasteiger partial charge in [-0.3, -0.25) is 4.79 Å². The van der Waals surface area contributed by atoms with Crippen LogP contribution < -0.4 is 0 Å². The van der Waals surface area contributed by atoms with E-state index in [1.807, 2.05) is 38.7 Å². The van der Waals surface area contributed by atoms with E-state index in [4.69, 9.17) is 4.42 Å². The fourth-order valence-electron chi connectivity index (χ4n) is 1.53. The van der Waals surface area contributed by atoms with E-state index in [0.29, 0.717) is 0 Å². The second-order valence-electron chi connectivity index (χ2n) is 3.61. The zero-order valence-electron chi connectivity index (χ0n) is 10.3. The SMILES string of the molecule is CCN(CC)C(=O)[C@@H](C)Sc1ccoc1C. The highest BCUT2D eigenvalue weighted by atomic mass is 32.2. The van der Waals surface area contributed by atoms with Crippen molar-refractivity contribution in [2.75, 3.05) is 13.1 Å². The van der Waals surface area contributed by atoms with Gasteiger partial charge in [-0.05, 0) is 33.8 Å². The summed E-state index contributed by atoms with van der Waals surface area (Å²) in [6.45, 7) is 9.40. The molecule has 0 unspecified atom stereocenters. The number of amides is 1. The van der Waals surface area contributed by atoms with Crippen molar-refractivity contribution in [1.29, 1.82) is 0 Å². The Labute approximate surface area is 101 Å². The van der Waals surface area contributed by atoms with Gasteiger partial charge in [0.25, 0.3) is 0 Å². The molecule has 0 spiro atoms. The molecule has 0 fully saturated rings. The van der Waals surface area contributed by atoms with Gasteiger partial charge in [-0.1, -0.05) is 0 Å². The van der Waals surface area contributed by atoms with Crippen LogP contribution in [-0.2, 0) is 4.79 Å². The van der Waals surface area contributed by atoms with Crippen molar-refractivity contribution in [3.63, 3.8) is 0 Å². The van der Waals surface area contributed by atoms with Gasteiger partial charge < -0.3 is 9.32 Å². The van der Waals surface area contributed by atoms with Gasteiger partial charge in [-0.2, -0.15) is 0 Å². The Bertz CT molecular complexity index is 345. The molecule has 0 aliphatic carbocycles. The summed E-state index contributed by atoms with van der Waals surface area (Å²) in [5.74, 6) is 1.07. The summed E-state index contributed by atoms with van der Waals surface area (Å²) < 4.78 is 5.21. The third kappa shape index (κ3) is 3.04. The molecule has 0 N–H and O–H groups in total. The Morgan fingerprint density at radius 2 is 2.12 bits per heavy atom. The van der Waals surface area contributed by atoms with Crippen LogP contribution in [0, 0.1) is 6.92 Å². The molecule has 0 bridgehead atoms.